The fourth-order valence-electron chi connectivity index (χ4n) is 2.54. The molecule has 2 rings (SSSR count). The maximum absolute atomic E-state index is 11.8. The van der Waals surface area contributed by atoms with Crippen molar-refractivity contribution in [1.29, 1.82) is 0 Å². The molecule has 7 heteroatoms. The van der Waals surface area contributed by atoms with Crippen LogP contribution in [0.25, 0.3) is 0 Å². The molecule has 0 aliphatic carbocycles. The smallest absolute Gasteiger partial charge is 0.230 e. The molecule has 0 aromatic heterocycles. The molecule has 1 aromatic carbocycles. The molecule has 1 heterocycles. The lowest BCUT2D eigenvalue weighted by atomic mass is 10.2. The summed E-state index contributed by atoms with van der Waals surface area (Å²) >= 11 is 13.5. The van der Waals surface area contributed by atoms with Crippen LogP contribution in [0.4, 0.5) is 0 Å². The minimum Gasteiger partial charge on any atom is -0.355 e. The first-order valence-corrected chi connectivity index (χ1v) is 10.1. The van der Waals surface area contributed by atoms with Gasteiger partial charge in [0.05, 0.1) is 15.8 Å². The highest BCUT2D eigenvalue weighted by Crippen LogP contribution is 2.24. The third-order valence-electron chi connectivity index (χ3n) is 4.06. The maximum atomic E-state index is 11.8. The molecule has 1 aromatic rings. The second-order valence-corrected chi connectivity index (χ2v) is 7.89. The van der Waals surface area contributed by atoms with Gasteiger partial charge in [0.25, 0.3) is 0 Å². The molecule has 1 aliphatic rings. The Hall–Kier alpha value is -0.460. The van der Waals surface area contributed by atoms with Gasteiger partial charge < -0.3 is 15.1 Å². The molecule has 0 bridgehead atoms. The number of hydrogen-bond donors (Lipinski definition) is 1. The van der Waals surface area contributed by atoms with Crippen molar-refractivity contribution in [2.45, 2.75) is 12.2 Å². The van der Waals surface area contributed by atoms with Crippen LogP contribution in [0.1, 0.15) is 12.0 Å². The number of benzene rings is 1. The van der Waals surface area contributed by atoms with Crippen molar-refractivity contribution in [2.24, 2.45) is 0 Å². The highest BCUT2D eigenvalue weighted by atomic mass is 35.5. The van der Waals surface area contributed by atoms with Crippen molar-refractivity contribution < 1.29 is 4.79 Å². The van der Waals surface area contributed by atoms with Crippen LogP contribution in [-0.4, -0.2) is 67.8 Å². The molecule has 0 radical (unpaired) electrons. The van der Waals surface area contributed by atoms with Gasteiger partial charge in [-0.1, -0.05) is 29.3 Å². The zero-order valence-corrected chi connectivity index (χ0v) is 16.4. The van der Waals surface area contributed by atoms with Crippen LogP contribution in [0, 0.1) is 0 Å². The van der Waals surface area contributed by atoms with Crippen LogP contribution in [-0.2, 0) is 10.5 Å². The van der Waals surface area contributed by atoms with E-state index in [0.717, 1.165) is 57.0 Å². The molecule has 1 aliphatic heterocycles. The Bertz CT molecular complexity index is 537. The monoisotopic (exact) mass is 389 g/mol. The number of halogens is 2. The van der Waals surface area contributed by atoms with E-state index in [2.05, 4.69) is 22.2 Å². The Kier molecular flexibility index (Phi) is 8.70. The number of carbonyl (C=O) groups excluding carboxylic acids is 1. The number of carbonyl (C=O) groups is 1. The Labute approximate surface area is 158 Å². The van der Waals surface area contributed by atoms with Crippen molar-refractivity contribution >= 4 is 40.9 Å². The summed E-state index contributed by atoms with van der Waals surface area (Å²) in [5, 5.41) is 4.11. The standard InChI is InChI=1S/C17H25Cl2N3OS/c1-21-7-9-22(10-8-21)6-2-5-20-17(23)13-24-12-14-3-4-15(18)16(19)11-14/h3-4,11H,2,5-10,12-13H2,1H3,(H,20,23). The van der Waals surface area contributed by atoms with Gasteiger partial charge in [0.2, 0.25) is 5.91 Å². The van der Waals surface area contributed by atoms with Gasteiger partial charge in [0, 0.05) is 38.5 Å². The molecular formula is C17H25Cl2N3OS. The summed E-state index contributed by atoms with van der Waals surface area (Å²) in [6, 6.07) is 5.58. The predicted molar refractivity (Wildman–Crippen MR) is 104 cm³/mol. The Morgan fingerprint density at radius 3 is 2.67 bits per heavy atom. The van der Waals surface area contributed by atoms with E-state index in [1.54, 1.807) is 17.8 Å². The van der Waals surface area contributed by atoms with Crippen molar-refractivity contribution in [1.82, 2.24) is 15.1 Å². The molecule has 24 heavy (non-hydrogen) atoms. The number of thioether (sulfide) groups is 1. The number of hydrogen-bond acceptors (Lipinski definition) is 4. The van der Waals surface area contributed by atoms with Gasteiger partial charge in [-0.2, -0.15) is 0 Å². The average molecular weight is 390 g/mol. The molecule has 134 valence electrons. The van der Waals surface area contributed by atoms with E-state index in [9.17, 15) is 4.79 Å². The largest absolute Gasteiger partial charge is 0.355 e. The highest BCUT2D eigenvalue weighted by molar-refractivity contribution is 7.99. The normalized spacial score (nSPS) is 16.3. The zero-order valence-electron chi connectivity index (χ0n) is 14.1. The minimum atomic E-state index is 0.0958. The Balaban J connectivity index is 1.52. The van der Waals surface area contributed by atoms with E-state index in [4.69, 9.17) is 23.2 Å². The SMILES string of the molecule is CN1CCN(CCCNC(=O)CSCc2ccc(Cl)c(Cl)c2)CC1. The van der Waals surface area contributed by atoms with E-state index in [0.29, 0.717) is 15.8 Å². The van der Waals surface area contributed by atoms with E-state index in [1.165, 1.54) is 0 Å². The van der Waals surface area contributed by atoms with Crippen LogP contribution in [0.3, 0.4) is 0 Å². The van der Waals surface area contributed by atoms with Crippen LogP contribution in [0.2, 0.25) is 10.0 Å². The Morgan fingerprint density at radius 1 is 1.21 bits per heavy atom. The molecule has 1 fully saturated rings. The Morgan fingerprint density at radius 2 is 1.96 bits per heavy atom. The summed E-state index contributed by atoms with van der Waals surface area (Å²) in [7, 11) is 2.16. The lowest BCUT2D eigenvalue weighted by molar-refractivity contribution is -0.118. The number of amides is 1. The summed E-state index contributed by atoms with van der Waals surface area (Å²) in [5.74, 6) is 1.32. The van der Waals surface area contributed by atoms with Gasteiger partial charge >= 0.3 is 0 Å². The number of likely N-dealkylation sites (N-methyl/N-ethyl adjacent to an activating group) is 1. The molecule has 4 nitrogen and oxygen atoms in total. The van der Waals surface area contributed by atoms with Crippen LogP contribution >= 0.6 is 35.0 Å². The topological polar surface area (TPSA) is 35.6 Å². The van der Waals surface area contributed by atoms with Crippen molar-refractivity contribution in [2.75, 3.05) is 52.1 Å². The van der Waals surface area contributed by atoms with E-state index in [-0.39, 0.29) is 5.91 Å². The fraction of sp³-hybridized carbons (Fsp3) is 0.588. The molecule has 1 amide bonds. The number of rotatable bonds is 8. The van der Waals surface area contributed by atoms with Crippen LogP contribution in [0.15, 0.2) is 18.2 Å². The van der Waals surface area contributed by atoms with Crippen molar-refractivity contribution in [3.05, 3.63) is 33.8 Å². The minimum absolute atomic E-state index is 0.0958. The fourth-order valence-corrected chi connectivity index (χ4v) is 3.67. The number of nitrogens with zero attached hydrogens (tertiary/aromatic N) is 2. The van der Waals surface area contributed by atoms with Gasteiger partial charge in [0.15, 0.2) is 0 Å². The summed E-state index contributed by atoms with van der Waals surface area (Å²) in [4.78, 5) is 16.7. The van der Waals surface area contributed by atoms with E-state index >= 15 is 0 Å². The molecule has 1 N–H and O–H groups in total. The lowest BCUT2D eigenvalue weighted by Gasteiger charge is -2.32. The maximum Gasteiger partial charge on any atom is 0.230 e. The molecule has 0 spiro atoms. The lowest BCUT2D eigenvalue weighted by Crippen LogP contribution is -2.45. The van der Waals surface area contributed by atoms with Gasteiger partial charge in [-0.25, -0.2) is 0 Å². The van der Waals surface area contributed by atoms with Crippen LogP contribution in [0.5, 0.6) is 0 Å². The molecule has 0 saturated carbocycles. The van der Waals surface area contributed by atoms with Gasteiger partial charge in [-0.05, 0) is 37.7 Å². The van der Waals surface area contributed by atoms with E-state index in [1.807, 2.05) is 12.1 Å². The third kappa shape index (κ3) is 7.19. The third-order valence-corrected chi connectivity index (χ3v) is 5.80. The van der Waals surface area contributed by atoms with E-state index < -0.39 is 0 Å². The number of nitrogens with one attached hydrogen (secondary N) is 1. The number of piperazine rings is 1. The summed E-state index contributed by atoms with van der Waals surface area (Å²) in [6.45, 7) is 6.34. The molecule has 1 saturated heterocycles. The van der Waals surface area contributed by atoms with Gasteiger partial charge in [-0.15, -0.1) is 11.8 Å². The second kappa shape index (κ2) is 10.5. The quantitative estimate of drug-likeness (QED) is 0.693. The first-order valence-electron chi connectivity index (χ1n) is 8.24. The van der Waals surface area contributed by atoms with Crippen molar-refractivity contribution in [3.63, 3.8) is 0 Å². The van der Waals surface area contributed by atoms with Gasteiger partial charge in [0.1, 0.15) is 0 Å². The van der Waals surface area contributed by atoms with Gasteiger partial charge in [-0.3, -0.25) is 4.79 Å². The molecule has 0 atom stereocenters. The second-order valence-electron chi connectivity index (χ2n) is 6.09. The average Bonchev–Trinajstić information content (AvgIpc) is 2.56. The van der Waals surface area contributed by atoms with Crippen LogP contribution < -0.4 is 5.32 Å². The summed E-state index contributed by atoms with van der Waals surface area (Å²) in [5.41, 5.74) is 1.08. The summed E-state index contributed by atoms with van der Waals surface area (Å²) < 4.78 is 0. The molecular weight excluding hydrogens is 365 g/mol. The first kappa shape index (κ1) is 19.9. The first-order chi connectivity index (χ1) is 11.5. The summed E-state index contributed by atoms with van der Waals surface area (Å²) in [6.07, 6.45) is 1.01. The highest BCUT2D eigenvalue weighted by Gasteiger charge is 2.12. The van der Waals surface area contributed by atoms with Crippen molar-refractivity contribution in [3.8, 4) is 0 Å². The zero-order chi connectivity index (χ0) is 17.4. The predicted octanol–water partition coefficient (Wildman–Crippen LogP) is 2.98. The molecule has 0 unspecified atom stereocenters.